The van der Waals surface area contributed by atoms with Crippen molar-refractivity contribution in [2.75, 3.05) is 6.79 Å². The number of aryl methyl sites for hydroxylation is 1. The lowest BCUT2D eigenvalue weighted by Crippen LogP contribution is -2.27. The molecule has 1 aliphatic heterocycles. The number of amides is 1. The van der Waals surface area contributed by atoms with Gasteiger partial charge in [-0.3, -0.25) is 4.79 Å². The van der Waals surface area contributed by atoms with E-state index in [4.69, 9.17) is 9.47 Å². The van der Waals surface area contributed by atoms with Gasteiger partial charge in [-0.15, -0.1) is 5.10 Å². The van der Waals surface area contributed by atoms with Crippen molar-refractivity contribution < 1.29 is 14.3 Å². The highest BCUT2D eigenvalue weighted by Crippen LogP contribution is 2.34. The van der Waals surface area contributed by atoms with E-state index < -0.39 is 0 Å². The molecule has 0 fully saturated rings. The number of hydrogen-bond donors (Lipinski definition) is 2. The summed E-state index contributed by atoms with van der Waals surface area (Å²) in [7, 11) is 0. The maximum atomic E-state index is 12.4. The average molecular weight is 341 g/mol. The maximum absolute atomic E-state index is 12.4. The van der Waals surface area contributed by atoms with Crippen LogP contribution in [-0.4, -0.2) is 42.6 Å². The third-order valence-corrected chi connectivity index (χ3v) is 3.82. The Balaban J connectivity index is 1.51. The summed E-state index contributed by atoms with van der Waals surface area (Å²) in [5.41, 5.74) is 0.893. The van der Waals surface area contributed by atoms with Crippen molar-refractivity contribution >= 4 is 5.91 Å². The first-order valence-electron chi connectivity index (χ1n) is 7.61. The van der Waals surface area contributed by atoms with E-state index in [1.54, 1.807) is 6.92 Å². The van der Waals surface area contributed by atoms with Crippen molar-refractivity contribution in [2.45, 2.75) is 19.9 Å². The Morgan fingerprint density at radius 1 is 1.36 bits per heavy atom. The average Bonchev–Trinajstić information content (AvgIpc) is 3.34. The summed E-state index contributed by atoms with van der Waals surface area (Å²) in [6.45, 7) is 3.81. The molecule has 1 atom stereocenters. The standard InChI is InChI=1S/C15H15N7O3/c1-8(10-3-4-11-12(5-10)25-7-24-11)18-14(23)13-19-9(2)22(21-13)15-16-6-17-20-15/h3-6,8H,7H2,1-2H3,(H,18,23)(H,16,17,20). The van der Waals surface area contributed by atoms with Gasteiger partial charge in [0.05, 0.1) is 6.04 Å². The molecule has 2 aromatic heterocycles. The molecule has 128 valence electrons. The lowest BCUT2D eigenvalue weighted by molar-refractivity contribution is 0.0929. The Morgan fingerprint density at radius 2 is 2.20 bits per heavy atom. The van der Waals surface area contributed by atoms with E-state index in [0.717, 1.165) is 5.56 Å². The van der Waals surface area contributed by atoms with Crippen LogP contribution < -0.4 is 14.8 Å². The van der Waals surface area contributed by atoms with Crippen molar-refractivity contribution in [2.24, 2.45) is 0 Å². The molecule has 3 aromatic rings. The summed E-state index contributed by atoms with van der Waals surface area (Å²) in [4.78, 5) is 20.6. The van der Waals surface area contributed by atoms with Gasteiger partial charge in [-0.2, -0.15) is 14.8 Å². The molecule has 25 heavy (non-hydrogen) atoms. The molecule has 0 radical (unpaired) electrons. The number of H-pyrrole nitrogens is 1. The summed E-state index contributed by atoms with van der Waals surface area (Å²) in [6.07, 6.45) is 1.36. The third kappa shape index (κ3) is 2.77. The van der Waals surface area contributed by atoms with Crippen molar-refractivity contribution in [3.63, 3.8) is 0 Å². The highest BCUT2D eigenvalue weighted by atomic mass is 16.7. The summed E-state index contributed by atoms with van der Waals surface area (Å²) >= 11 is 0. The fraction of sp³-hybridized carbons (Fsp3) is 0.267. The molecule has 0 saturated heterocycles. The molecule has 10 heteroatoms. The van der Waals surface area contributed by atoms with Crippen LogP contribution in [0.15, 0.2) is 24.5 Å². The van der Waals surface area contributed by atoms with E-state index in [1.807, 2.05) is 25.1 Å². The summed E-state index contributed by atoms with van der Waals surface area (Å²) in [6, 6.07) is 5.30. The molecule has 0 aliphatic carbocycles. The van der Waals surface area contributed by atoms with E-state index >= 15 is 0 Å². The fourth-order valence-corrected chi connectivity index (χ4v) is 2.51. The van der Waals surface area contributed by atoms with Crippen molar-refractivity contribution in [1.29, 1.82) is 0 Å². The van der Waals surface area contributed by atoms with Gasteiger partial charge in [0.2, 0.25) is 18.6 Å². The molecule has 1 aliphatic rings. The van der Waals surface area contributed by atoms with Crippen LogP contribution in [0.3, 0.4) is 0 Å². The van der Waals surface area contributed by atoms with Crippen LogP contribution in [0.4, 0.5) is 0 Å². The predicted octanol–water partition coefficient (Wildman–Crippen LogP) is 0.914. The van der Waals surface area contributed by atoms with Gasteiger partial charge in [0.15, 0.2) is 11.5 Å². The second kappa shape index (κ2) is 5.89. The molecule has 3 heterocycles. The first-order chi connectivity index (χ1) is 12.1. The van der Waals surface area contributed by atoms with E-state index in [2.05, 4.69) is 30.6 Å². The van der Waals surface area contributed by atoms with E-state index in [0.29, 0.717) is 23.3 Å². The number of rotatable bonds is 4. The quantitative estimate of drug-likeness (QED) is 0.724. The van der Waals surface area contributed by atoms with E-state index in [-0.39, 0.29) is 24.6 Å². The van der Waals surface area contributed by atoms with Crippen LogP contribution in [-0.2, 0) is 0 Å². The fourth-order valence-electron chi connectivity index (χ4n) is 2.51. The van der Waals surface area contributed by atoms with Crippen LogP contribution >= 0.6 is 0 Å². The zero-order chi connectivity index (χ0) is 17.4. The summed E-state index contributed by atoms with van der Waals surface area (Å²) in [5.74, 6) is 1.96. The van der Waals surface area contributed by atoms with Crippen molar-refractivity contribution in [3.8, 4) is 17.4 Å². The number of fused-ring (bicyclic) bond motifs is 1. The smallest absolute Gasteiger partial charge is 0.291 e. The molecule has 0 spiro atoms. The lowest BCUT2D eigenvalue weighted by Gasteiger charge is -2.13. The Kier molecular flexibility index (Phi) is 3.56. The van der Waals surface area contributed by atoms with Crippen LogP contribution in [0, 0.1) is 6.92 Å². The number of nitrogens with zero attached hydrogens (tertiary/aromatic N) is 5. The van der Waals surface area contributed by atoms with E-state index in [1.165, 1.54) is 11.0 Å². The highest BCUT2D eigenvalue weighted by molar-refractivity contribution is 5.90. The minimum atomic E-state index is -0.383. The Morgan fingerprint density at radius 3 is 3.00 bits per heavy atom. The Hall–Kier alpha value is -3.43. The Bertz CT molecular complexity index is 919. The molecule has 1 aromatic carbocycles. The largest absolute Gasteiger partial charge is 0.454 e. The van der Waals surface area contributed by atoms with Gasteiger partial charge in [-0.25, -0.2) is 10.1 Å². The monoisotopic (exact) mass is 341 g/mol. The highest BCUT2D eigenvalue weighted by Gasteiger charge is 2.20. The predicted molar refractivity (Wildman–Crippen MR) is 84.5 cm³/mol. The van der Waals surface area contributed by atoms with Gasteiger partial charge in [-0.1, -0.05) is 6.07 Å². The number of ether oxygens (including phenoxy) is 2. The van der Waals surface area contributed by atoms with Crippen molar-refractivity contribution in [1.82, 2.24) is 35.3 Å². The minimum absolute atomic E-state index is 0.0569. The summed E-state index contributed by atoms with van der Waals surface area (Å²) in [5, 5.41) is 13.5. The molecule has 10 nitrogen and oxygen atoms in total. The summed E-state index contributed by atoms with van der Waals surface area (Å²) < 4.78 is 12.1. The minimum Gasteiger partial charge on any atom is -0.454 e. The lowest BCUT2D eigenvalue weighted by atomic mass is 10.1. The van der Waals surface area contributed by atoms with E-state index in [9.17, 15) is 4.79 Å². The molecular weight excluding hydrogens is 326 g/mol. The van der Waals surface area contributed by atoms with Gasteiger partial charge in [0.25, 0.3) is 5.91 Å². The molecule has 0 saturated carbocycles. The van der Waals surface area contributed by atoms with Gasteiger partial charge >= 0.3 is 0 Å². The number of aromatic nitrogens is 6. The number of nitrogens with one attached hydrogen (secondary N) is 2. The second-order valence-electron chi connectivity index (χ2n) is 5.51. The zero-order valence-electron chi connectivity index (χ0n) is 13.6. The molecule has 1 amide bonds. The molecule has 1 unspecified atom stereocenters. The van der Waals surface area contributed by atoms with Crippen LogP contribution in [0.2, 0.25) is 0 Å². The Labute approximate surface area is 142 Å². The third-order valence-electron chi connectivity index (χ3n) is 3.82. The number of benzene rings is 1. The first-order valence-corrected chi connectivity index (χ1v) is 7.61. The molecule has 0 bridgehead atoms. The number of aromatic amines is 1. The van der Waals surface area contributed by atoms with Gasteiger partial charge in [0.1, 0.15) is 12.2 Å². The normalized spacial score (nSPS) is 13.7. The van der Waals surface area contributed by atoms with Crippen LogP contribution in [0.5, 0.6) is 11.5 Å². The number of hydrogen-bond acceptors (Lipinski definition) is 7. The van der Waals surface area contributed by atoms with Gasteiger partial charge in [-0.05, 0) is 31.5 Å². The molecular formula is C15H15N7O3. The van der Waals surface area contributed by atoms with Crippen LogP contribution in [0.1, 0.15) is 35.0 Å². The number of carbonyl (C=O) groups is 1. The number of carbonyl (C=O) groups excluding carboxylic acids is 1. The zero-order valence-corrected chi connectivity index (χ0v) is 13.6. The van der Waals surface area contributed by atoms with Crippen molar-refractivity contribution in [3.05, 3.63) is 41.7 Å². The molecule has 2 N–H and O–H groups in total. The van der Waals surface area contributed by atoms with Gasteiger partial charge in [0, 0.05) is 0 Å². The second-order valence-corrected chi connectivity index (χ2v) is 5.51. The molecule has 4 rings (SSSR count). The van der Waals surface area contributed by atoms with Gasteiger partial charge < -0.3 is 14.8 Å². The topological polar surface area (TPSA) is 120 Å². The first kappa shape index (κ1) is 15.1. The van der Waals surface area contributed by atoms with Crippen LogP contribution in [0.25, 0.3) is 5.95 Å². The SMILES string of the molecule is Cc1nc(C(=O)NC(C)c2ccc3c(c2)OCO3)nn1-c1ncn[nH]1. The maximum Gasteiger partial charge on any atom is 0.291 e.